The Morgan fingerprint density at radius 1 is 1.33 bits per heavy atom. The van der Waals surface area contributed by atoms with E-state index < -0.39 is 0 Å². The SMILES string of the molecule is CN(CC1(N(C)C)CCC1)C(CN)c1cc(Br)ccc1F. The molecule has 0 spiro atoms. The number of halogens is 2. The first kappa shape index (κ1) is 16.9. The molecular formula is C16H25BrFN3. The van der Waals surface area contributed by atoms with Crippen LogP contribution >= 0.6 is 15.9 Å². The molecule has 1 aliphatic carbocycles. The van der Waals surface area contributed by atoms with Crippen molar-refractivity contribution >= 4 is 15.9 Å². The third-order valence-electron chi connectivity index (χ3n) is 4.85. The average Bonchev–Trinajstić information content (AvgIpc) is 2.38. The summed E-state index contributed by atoms with van der Waals surface area (Å²) in [7, 11) is 6.30. The Morgan fingerprint density at radius 2 is 2.00 bits per heavy atom. The van der Waals surface area contributed by atoms with Crippen molar-refractivity contribution < 1.29 is 4.39 Å². The fourth-order valence-electron chi connectivity index (χ4n) is 3.22. The Balaban J connectivity index is 2.19. The van der Waals surface area contributed by atoms with Gasteiger partial charge in [0.2, 0.25) is 0 Å². The lowest BCUT2D eigenvalue weighted by molar-refractivity contribution is 0.0164. The zero-order valence-corrected chi connectivity index (χ0v) is 14.7. The lowest BCUT2D eigenvalue weighted by Crippen LogP contribution is -2.57. The average molecular weight is 358 g/mol. The van der Waals surface area contributed by atoms with E-state index in [1.165, 1.54) is 25.3 Å². The zero-order valence-electron chi connectivity index (χ0n) is 13.1. The highest BCUT2D eigenvalue weighted by molar-refractivity contribution is 9.10. The van der Waals surface area contributed by atoms with E-state index >= 15 is 0 Å². The van der Waals surface area contributed by atoms with Gasteiger partial charge in [-0.25, -0.2) is 4.39 Å². The van der Waals surface area contributed by atoms with Crippen molar-refractivity contribution in [2.24, 2.45) is 5.73 Å². The van der Waals surface area contributed by atoms with Crippen LogP contribution in [0.4, 0.5) is 4.39 Å². The summed E-state index contributed by atoms with van der Waals surface area (Å²) in [4.78, 5) is 4.50. The highest BCUT2D eigenvalue weighted by atomic mass is 79.9. The van der Waals surface area contributed by atoms with Gasteiger partial charge in [-0.1, -0.05) is 15.9 Å². The molecule has 2 rings (SSSR count). The second kappa shape index (κ2) is 6.73. The Bertz CT molecular complexity index is 488. The maximum Gasteiger partial charge on any atom is 0.128 e. The van der Waals surface area contributed by atoms with Gasteiger partial charge in [-0.2, -0.15) is 0 Å². The number of nitrogens with two attached hydrogens (primary N) is 1. The number of benzene rings is 1. The lowest BCUT2D eigenvalue weighted by atomic mass is 9.75. The minimum Gasteiger partial charge on any atom is -0.329 e. The number of nitrogens with zero attached hydrogens (tertiary/aromatic N) is 2. The van der Waals surface area contributed by atoms with Crippen LogP contribution in [0.2, 0.25) is 0 Å². The molecule has 1 saturated carbocycles. The van der Waals surface area contributed by atoms with Crippen molar-refractivity contribution in [2.45, 2.75) is 30.8 Å². The summed E-state index contributed by atoms with van der Waals surface area (Å²) >= 11 is 3.42. The van der Waals surface area contributed by atoms with E-state index in [0.717, 1.165) is 11.0 Å². The monoisotopic (exact) mass is 357 g/mol. The molecule has 0 aliphatic heterocycles. The maximum atomic E-state index is 14.1. The van der Waals surface area contributed by atoms with Gasteiger partial charge in [0, 0.05) is 34.7 Å². The second-order valence-corrected chi connectivity index (χ2v) is 7.22. The zero-order chi connectivity index (χ0) is 15.6. The van der Waals surface area contributed by atoms with Crippen LogP contribution in [0, 0.1) is 5.82 Å². The molecule has 0 aromatic heterocycles. The third-order valence-corrected chi connectivity index (χ3v) is 5.34. The van der Waals surface area contributed by atoms with Crippen LogP contribution in [-0.2, 0) is 0 Å². The van der Waals surface area contributed by atoms with Crippen LogP contribution in [0.1, 0.15) is 30.9 Å². The van der Waals surface area contributed by atoms with Gasteiger partial charge >= 0.3 is 0 Å². The summed E-state index contributed by atoms with van der Waals surface area (Å²) in [5, 5.41) is 0. The van der Waals surface area contributed by atoms with Gasteiger partial charge in [-0.05, 0) is 58.6 Å². The van der Waals surface area contributed by atoms with Crippen LogP contribution in [0.25, 0.3) is 0 Å². The molecule has 0 bridgehead atoms. The molecule has 0 amide bonds. The van der Waals surface area contributed by atoms with Gasteiger partial charge in [0.05, 0.1) is 0 Å². The van der Waals surface area contributed by atoms with Crippen LogP contribution < -0.4 is 5.73 Å². The summed E-state index contributed by atoms with van der Waals surface area (Å²) in [6, 6.07) is 4.97. The largest absolute Gasteiger partial charge is 0.329 e. The van der Waals surface area contributed by atoms with Gasteiger partial charge in [-0.3, -0.25) is 4.90 Å². The van der Waals surface area contributed by atoms with Crippen LogP contribution in [0.3, 0.4) is 0 Å². The third kappa shape index (κ3) is 3.47. The Labute approximate surface area is 135 Å². The summed E-state index contributed by atoms with van der Waals surface area (Å²) < 4.78 is 15.0. The highest BCUT2D eigenvalue weighted by Crippen LogP contribution is 2.38. The molecule has 118 valence electrons. The van der Waals surface area contributed by atoms with Crippen LogP contribution in [0.5, 0.6) is 0 Å². The molecule has 0 heterocycles. The predicted octanol–water partition coefficient (Wildman–Crippen LogP) is 3.00. The number of likely N-dealkylation sites (N-methyl/N-ethyl adjacent to an activating group) is 2. The van der Waals surface area contributed by atoms with Crippen molar-refractivity contribution in [3.05, 3.63) is 34.1 Å². The van der Waals surface area contributed by atoms with Crippen molar-refractivity contribution in [1.29, 1.82) is 0 Å². The first-order valence-electron chi connectivity index (χ1n) is 7.42. The van der Waals surface area contributed by atoms with Gasteiger partial charge in [0.15, 0.2) is 0 Å². The second-order valence-electron chi connectivity index (χ2n) is 6.30. The van der Waals surface area contributed by atoms with Gasteiger partial charge in [-0.15, -0.1) is 0 Å². The van der Waals surface area contributed by atoms with E-state index in [2.05, 4.69) is 39.8 Å². The summed E-state index contributed by atoms with van der Waals surface area (Å²) in [5.74, 6) is -0.187. The Hall–Kier alpha value is -0.490. The highest BCUT2D eigenvalue weighted by Gasteiger charge is 2.41. The fourth-order valence-corrected chi connectivity index (χ4v) is 3.60. The molecule has 1 aliphatic rings. The molecule has 1 fully saturated rings. The first-order chi connectivity index (χ1) is 9.89. The van der Waals surface area contributed by atoms with E-state index in [-0.39, 0.29) is 17.4 Å². The first-order valence-corrected chi connectivity index (χ1v) is 8.21. The molecular weight excluding hydrogens is 333 g/mol. The minimum absolute atomic E-state index is 0.0973. The molecule has 5 heteroatoms. The molecule has 0 radical (unpaired) electrons. The molecule has 1 aromatic rings. The number of rotatable bonds is 6. The van der Waals surface area contributed by atoms with E-state index in [9.17, 15) is 4.39 Å². The van der Waals surface area contributed by atoms with E-state index in [1.54, 1.807) is 6.07 Å². The van der Waals surface area contributed by atoms with Crippen molar-refractivity contribution in [1.82, 2.24) is 9.80 Å². The van der Waals surface area contributed by atoms with Gasteiger partial charge in [0.25, 0.3) is 0 Å². The minimum atomic E-state index is -0.187. The van der Waals surface area contributed by atoms with E-state index in [1.807, 2.05) is 13.1 Å². The summed E-state index contributed by atoms with van der Waals surface area (Å²) in [6.07, 6.45) is 3.66. The Morgan fingerprint density at radius 3 is 2.48 bits per heavy atom. The molecule has 3 nitrogen and oxygen atoms in total. The maximum absolute atomic E-state index is 14.1. The fraction of sp³-hybridized carbons (Fsp3) is 0.625. The van der Waals surface area contributed by atoms with E-state index in [4.69, 9.17) is 5.73 Å². The topological polar surface area (TPSA) is 32.5 Å². The van der Waals surface area contributed by atoms with Crippen LogP contribution in [0.15, 0.2) is 22.7 Å². The number of hydrogen-bond acceptors (Lipinski definition) is 3. The van der Waals surface area contributed by atoms with Crippen molar-refractivity contribution in [3.63, 3.8) is 0 Å². The van der Waals surface area contributed by atoms with Crippen molar-refractivity contribution in [2.75, 3.05) is 34.2 Å². The lowest BCUT2D eigenvalue weighted by Gasteiger charge is -2.50. The normalized spacial score (nSPS) is 18.9. The molecule has 1 aromatic carbocycles. The Kier molecular flexibility index (Phi) is 5.41. The molecule has 1 atom stereocenters. The van der Waals surface area contributed by atoms with E-state index in [0.29, 0.717) is 12.1 Å². The van der Waals surface area contributed by atoms with Crippen LogP contribution in [-0.4, -0.2) is 49.6 Å². The number of hydrogen-bond donors (Lipinski definition) is 1. The quantitative estimate of drug-likeness (QED) is 0.849. The van der Waals surface area contributed by atoms with Gasteiger partial charge < -0.3 is 10.6 Å². The molecule has 0 saturated heterocycles. The molecule has 21 heavy (non-hydrogen) atoms. The summed E-state index contributed by atoms with van der Waals surface area (Å²) in [6.45, 7) is 1.32. The predicted molar refractivity (Wildman–Crippen MR) is 88.8 cm³/mol. The molecule has 2 N–H and O–H groups in total. The van der Waals surface area contributed by atoms with Crippen molar-refractivity contribution in [3.8, 4) is 0 Å². The smallest absolute Gasteiger partial charge is 0.128 e. The van der Waals surface area contributed by atoms with Gasteiger partial charge in [0.1, 0.15) is 5.82 Å². The molecule has 1 unspecified atom stereocenters. The summed E-state index contributed by atoms with van der Waals surface area (Å²) in [5.41, 5.74) is 6.82. The standard InChI is InChI=1S/C16H25BrFN3/c1-20(2)16(7-4-8-16)11-21(3)15(10-19)13-9-12(17)5-6-14(13)18/h5-6,9,15H,4,7-8,10-11,19H2,1-3H3.